The minimum Gasteiger partial charge on any atom is -0.475 e. The van der Waals surface area contributed by atoms with Gasteiger partial charge in [-0.15, -0.1) is 0 Å². The number of sulfonamides is 1. The first kappa shape index (κ1) is 30.8. The van der Waals surface area contributed by atoms with Gasteiger partial charge in [-0.25, -0.2) is 23.1 Å². The third-order valence-corrected chi connectivity index (χ3v) is 5.24. The number of carboxylic acid groups (broad SMARTS) is 1. The number of rotatable bonds is 9. The van der Waals surface area contributed by atoms with E-state index >= 15 is 0 Å². The lowest BCUT2D eigenvalue weighted by Crippen LogP contribution is -2.35. The molecule has 8 N–H and O–H groups in total. The molecule has 0 aliphatic rings. The Balaban J connectivity index is 0.000000856. The number of carboxylic acids is 1. The zero-order valence-electron chi connectivity index (χ0n) is 18.9. The summed E-state index contributed by atoms with van der Waals surface area (Å²) in [7, 11) is -4.26. The summed E-state index contributed by atoms with van der Waals surface area (Å²) in [5.41, 5.74) is 6.61. The van der Waals surface area contributed by atoms with E-state index < -0.39 is 45.4 Å². The Labute approximate surface area is 206 Å². The molecule has 37 heavy (non-hydrogen) atoms. The van der Waals surface area contributed by atoms with Crippen LogP contribution in [0.1, 0.15) is 11.3 Å². The Bertz CT molecular complexity index is 1300. The van der Waals surface area contributed by atoms with Crippen LogP contribution in [0.25, 0.3) is 0 Å². The van der Waals surface area contributed by atoms with Gasteiger partial charge >= 0.3 is 12.1 Å². The van der Waals surface area contributed by atoms with Crippen LogP contribution in [-0.4, -0.2) is 55.7 Å². The quantitative estimate of drug-likeness (QED) is 0.0746. The highest BCUT2D eigenvalue weighted by atomic mass is 32.2. The molecule has 204 valence electrons. The fourth-order valence-corrected chi connectivity index (χ4v) is 3.58. The number of aryl methyl sites for hydroxylation is 1. The van der Waals surface area contributed by atoms with Crippen molar-refractivity contribution in [1.82, 2.24) is 15.8 Å². The number of hydroxylamine groups is 1. The summed E-state index contributed by atoms with van der Waals surface area (Å²) in [5.74, 6) is -4.41. The number of hydrogen-bond acceptors (Lipinski definition) is 7. The fourth-order valence-electron chi connectivity index (χ4n) is 2.44. The van der Waals surface area contributed by atoms with Crippen molar-refractivity contribution in [3.63, 3.8) is 0 Å². The third kappa shape index (κ3) is 10.9. The minimum atomic E-state index is -5.08. The van der Waals surface area contributed by atoms with Gasteiger partial charge in [0, 0.05) is 12.2 Å². The van der Waals surface area contributed by atoms with Crippen molar-refractivity contribution in [2.45, 2.75) is 24.4 Å². The first-order valence-electron chi connectivity index (χ1n) is 9.82. The number of benzene rings is 1. The van der Waals surface area contributed by atoms with Gasteiger partial charge in [-0.1, -0.05) is 6.07 Å². The number of aromatic amines is 1. The third-order valence-electron chi connectivity index (χ3n) is 3.89. The molecule has 1 aromatic heterocycles. The Morgan fingerprint density at radius 2 is 1.86 bits per heavy atom. The van der Waals surface area contributed by atoms with Crippen molar-refractivity contribution in [3.05, 3.63) is 57.8 Å². The number of nitrogens with two attached hydrogens (primary N) is 1. The number of anilines is 1. The smallest absolute Gasteiger partial charge is 0.475 e. The Kier molecular flexibility index (Phi) is 11.0. The first-order valence-corrected chi connectivity index (χ1v) is 11.3. The van der Waals surface area contributed by atoms with Gasteiger partial charge in [0.15, 0.2) is 0 Å². The van der Waals surface area contributed by atoms with Crippen LogP contribution in [-0.2, 0) is 30.9 Å². The highest BCUT2D eigenvalue weighted by molar-refractivity contribution is 7.92. The van der Waals surface area contributed by atoms with Gasteiger partial charge in [0.25, 0.3) is 15.6 Å². The average molecular weight is 554 g/mol. The van der Waals surface area contributed by atoms with Gasteiger partial charge in [0.1, 0.15) is 11.5 Å². The molecule has 0 saturated heterocycles. The predicted molar refractivity (Wildman–Crippen MR) is 120 cm³/mol. The van der Waals surface area contributed by atoms with E-state index in [1.165, 1.54) is 18.2 Å². The van der Waals surface area contributed by atoms with Crippen LogP contribution < -0.4 is 26.8 Å². The average Bonchev–Trinajstić information content (AvgIpc) is 2.75. The standard InChI is InChI=1S/C17H21FN6O5S.C2HF3O2/c1-10-7-11(8-14(25)21-5-6-29-23-17(19)20)15(16(26)22-10)24-30(27,28)13-4-2-3-12(18)9-13;3-2(4,5)1(6)7/h2-4,7,9,24H,5-6,8H2,1H3,(H,21,25)(H,22,26)(H4,19,20,23);(H,6,7). The summed E-state index contributed by atoms with van der Waals surface area (Å²) in [6.07, 6.45) is -5.38. The number of amides is 1. The van der Waals surface area contributed by atoms with Crippen LogP contribution in [0, 0.1) is 18.2 Å². The molecule has 0 fully saturated rings. The summed E-state index contributed by atoms with van der Waals surface area (Å²) in [5, 5.41) is 16.6. The van der Waals surface area contributed by atoms with E-state index in [0.29, 0.717) is 5.69 Å². The maximum atomic E-state index is 13.4. The van der Waals surface area contributed by atoms with Crippen LogP contribution in [0.5, 0.6) is 0 Å². The number of carbonyl (C=O) groups is 2. The largest absolute Gasteiger partial charge is 0.490 e. The van der Waals surface area contributed by atoms with E-state index in [1.54, 1.807) is 6.92 Å². The molecule has 0 saturated carbocycles. The molecule has 1 aromatic carbocycles. The summed E-state index contributed by atoms with van der Waals surface area (Å²) >= 11 is 0. The summed E-state index contributed by atoms with van der Waals surface area (Å²) in [6.45, 7) is 1.67. The number of guanidine groups is 1. The monoisotopic (exact) mass is 554 g/mol. The molecule has 18 heteroatoms. The minimum absolute atomic E-state index is 0.0127. The van der Waals surface area contributed by atoms with Gasteiger partial charge in [-0.2, -0.15) is 13.2 Å². The summed E-state index contributed by atoms with van der Waals surface area (Å²) in [6, 6.07) is 5.75. The molecule has 13 nitrogen and oxygen atoms in total. The van der Waals surface area contributed by atoms with Gasteiger partial charge in [0.05, 0.1) is 17.9 Å². The van der Waals surface area contributed by atoms with Crippen molar-refractivity contribution in [2.75, 3.05) is 17.9 Å². The molecule has 0 bridgehead atoms. The topological polar surface area (TPSA) is 217 Å². The number of nitrogens with one attached hydrogen (secondary N) is 5. The van der Waals surface area contributed by atoms with Gasteiger partial charge in [-0.05, 0) is 36.8 Å². The van der Waals surface area contributed by atoms with Gasteiger partial charge in [-0.3, -0.25) is 24.6 Å². The Morgan fingerprint density at radius 1 is 1.24 bits per heavy atom. The van der Waals surface area contributed by atoms with E-state index in [9.17, 15) is 35.6 Å². The number of aliphatic carboxylic acids is 1. The molecule has 2 rings (SSSR count). The second-order valence-electron chi connectivity index (χ2n) is 6.94. The van der Waals surface area contributed by atoms with E-state index in [-0.39, 0.29) is 35.7 Å². The molecule has 0 atom stereocenters. The fraction of sp³-hybridized carbons (Fsp3) is 0.263. The molecule has 1 heterocycles. The lowest BCUT2D eigenvalue weighted by Gasteiger charge is -2.13. The first-order chi connectivity index (χ1) is 17.0. The van der Waals surface area contributed by atoms with Crippen LogP contribution in [0.2, 0.25) is 0 Å². The Hall–Kier alpha value is -4.19. The molecule has 0 aliphatic heterocycles. The highest BCUT2D eigenvalue weighted by Gasteiger charge is 2.38. The second kappa shape index (κ2) is 13.2. The zero-order valence-corrected chi connectivity index (χ0v) is 19.7. The highest BCUT2D eigenvalue weighted by Crippen LogP contribution is 2.18. The van der Waals surface area contributed by atoms with Crippen molar-refractivity contribution in [3.8, 4) is 0 Å². The molecular weight excluding hydrogens is 532 g/mol. The van der Waals surface area contributed by atoms with Crippen LogP contribution in [0.4, 0.5) is 23.2 Å². The van der Waals surface area contributed by atoms with Crippen molar-refractivity contribution in [1.29, 1.82) is 5.41 Å². The number of aromatic nitrogens is 1. The maximum absolute atomic E-state index is 13.4. The lowest BCUT2D eigenvalue weighted by molar-refractivity contribution is -0.192. The van der Waals surface area contributed by atoms with Crippen LogP contribution >= 0.6 is 0 Å². The number of halogens is 4. The molecule has 1 amide bonds. The molecule has 2 aromatic rings. The molecule has 0 aliphatic carbocycles. The van der Waals surface area contributed by atoms with E-state index in [0.717, 1.165) is 12.1 Å². The number of alkyl halides is 3. The maximum Gasteiger partial charge on any atom is 0.490 e. The van der Waals surface area contributed by atoms with Crippen LogP contribution in [0.3, 0.4) is 0 Å². The number of H-pyrrole nitrogens is 1. The zero-order chi connectivity index (χ0) is 28.4. The normalized spacial score (nSPS) is 11.1. The number of pyridine rings is 1. The second-order valence-corrected chi connectivity index (χ2v) is 8.62. The van der Waals surface area contributed by atoms with Gasteiger partial charge in [0.2, 0.25) is 11.9 Å². The molecule has 0 spiro atoms. The number of hydrogen-bond donors (Lipinski definition) is 7. The van der Waals surface area contributed by atoms with Gasteiger partial charge < -0.3 is 21.1 Å². The van der Waals surface area contributed by atoms with E-state index in [2.05, 4.69) is 20.5 Å². The lowest BCUT2D eigenvalue weighted by atomic mass is 10.1. The van der Waals surface area contributed by atoms with E-state index in [1.807, 2.05) is 0 Å². The molecule has 0 radical (unpaired) electrons. The van der Waals surface area contributed by atoms with Crippen molar-refractivity contribution >= 4 is 33.5 Å². The molecular formula is C19H22F4N6O7S. The van der Waals surface area contributed by atoms with E-state index in [4.69, 9.17) is 25.9 Å². The SMILES string of the molecule is Cc1cc(CC(=O)NCCONC(=N)N)c(NS(=O)(=O)c2cccc(F)c2)c(=O)[nH]1.O=C(O)C(F)(F)F. The van der Waals surface area contributed by atoms with Crippen molar-refractivity contribution < 1.29 is 45.5 Å². The summed E-state index contributed by atoms with van der Waals surface area (Å²) in [4.78, 5) is 40.3. The summed E-state index contributed by atoms with van der Waals surface area (Å²) < 4.78 is 72.3. The predicted octanol–water partition coefficient (Wildman–Crippen LogP) is 0.330. The molecule has 0 unspecified atom stereocenters. The van der Waals surface area contributed by atoms with Crippen LogP contribution in [0.15, 0.2) is 40.0 Å². The van der Waals surface area contributed by atoms with Crippen molar-refractivity contribution in [2.24, 2.45) is 5.73 Å². The Morgan fingerprint density at radius 3 is 2.41 bits per heavy atom. The number of carbonyl (C=O) groups excluding carboxylic acids is 1.